The van der Waals surface area contributed by atoms with Crippen LogP contribution >= 0.6 is 11.8 Å². The molecule has 4 aromatic rings. The van der Waals surface area contributed by atoms with Crippen molar-refractivity contribution in [3.63, 3.8) is 0 Å². The Kier molecular flexibility index (Phi) is 6.54. The first-order valence-corrected chi connectivity index (χ1v) is 12.8. The van der Waals surface area contributed by atoms with E-state index < -0.39 is 0 Å². The van der Waals surface area contributed by atoms with Crippen molar-refractivity contribution < 1.29 is 4.79 Å². The number of hydrogen-bond acceptors (Lipinski definition) is 4. The third kappa shape index (κ3) is 4.53. The van der Waals surface area contributed by atoms with Crippen LogP contribution in [-0.2, 0) is 4.79 Å². The predicted octanol–water partition coefficient (Wildman–Crippen LogP) is 5.23. The number of thioether (sulfide) groups is 1. The molecule has 5 rings (SSSR count). The number of carbonyl (C=O) groups is 1. The van der Waals surface area contributed by atoms with Crippen molar-refractivity contribution in [1.29, 1.82) is 0 Å². The van der Waals surface area contributed by atoms with Gasteiger partial charge in [-0.3, -0.25) is 14.2 Å². The fourth-order valence-electron chi connectivity index (χ4n) is 4.65. The van der Waals surface area contributed by atoms with Gasteiger partial charge in [-0.2, -0.15) is 0 Å². The van der Waals surface area contributed by atoms with E-state index in [0.717, 1.165) is 35.2 Å². The van der Waals surface area contributed by atoms with Gasteiger partial charge in [0.1, 0.15) is 11.0 Å². The smallest absolute Gasteiger partial charge is 0.283 e. The molecule has 1 fully saturated rings. The van der Waals surface area contributed by atoms with Crippen LogP contribution in [0.25, 0.3) is 27.8 Å². The van der Waals surface area contributed by atoms with Gasteiger partial charge in [-0.1, -0.05) is 79.6 Å². The van der Waals surface area contributed by atoms with Gasteiger partial charge in [0.2, 0.25) is 5.91 Å². The van der Waals surface area contributed by atoms with Gasteiger partial charge in [0.05, 0.1) is 11.4 Å². The van der Waals surface area contributed by atoms with Crippen molar-refractivity contribution in [3.8, 4) is 16.8 Å². The summed E-state index contributed by atoms with van der Waals surface area (Å²) in [5.74, 6) is 0.200. The van der Waals surface area contributed by atoms with Crippen molar-refractivity contribution >= 4 is 28.7 Å². The van der Waals surface area contributed by atoms with E-state index in [2.05, 4.69) is 10.3 Å². The summed E-state index contributed by atoms with van der Waals surface area (Å²) < 4.78 is 1.63. The summed E-state index contributed by atoms with van der Waals surface area (Å²) in [6.45, 7) is 1.97. The lowest BCUT2D eigenvalue weighted by atomic mass is 9.95. The molecule has 2 heterocycles. The molecule has 1 aliphatic rings. The van der Waals surface area contributed by atoms with Crippen LogP contribution in [0.5, 0.6) is 0 Å². The van der Waals surface area contributed by atoms with Crippen molar-refractivity contribution in [2.75, 3.05) is 5.75 Å². The lowest BCUT2D eigenvalue weighted by Crippen LogP contribution is -2.37. The van der Waals surface area contributed by atoms with Crippen LogP contribution in [-0.4, -0.2) is 32.2 Å². The molecule has 0 radical (unpaired) electrons. The number of rotatable bonds is 6. The highest BCUT2D eigenvalue weighted by Crippen LogP contribution is 2.29. The Morgan fingerprint density at radius 3 is 2.59 bits per heavy atom. The minimum absolute atomic E-state index is 0.0140. The van der Waals surface area contributed by atoms with Crippen molar-refractivity contribution in [2.45, 2.75) is 50.2 Å². The number of aromatic nitrogens is 3. The normalized spacial score (nSPS) is 14.4. The lowest BCUT2D eigenvalue weighted by Gasteiger charge is -2.22. The first-order chi connectivity index (χ1) is 16.6. The van der Waals surface area contributed by atoms with E-state index in [0.29, 0.717) is 16.2 Å². The van der Waals surface area contributed by atoms with Crippen LogP contribution in [0.3, 0.4) is 0 Å². The number of amides is 1. The number of hydrogen-bond donors (Lipinski definition) is 2. The molecule has 1 amide bonds. The topological polar surface area (TPSA) is 79.8 Å². The Bertz CT molecular complexity index is 1370. The van der Waals surface area contributed by atoms with Gasteiger partial charge in [0, 0.05) is 17.8 Å². The highest BCUT2D eigenvalue weighted by Gasteiger charge is 2.21. The molecule has 0 unspecified atom stereocenters. The van der Waals surface area contributed by atoms with Crippen molar-refractivity contribution in [1.82, 2.24) is 19.9 Å². The van der Waals surface area contributed by atoms with E-state index >= 15 is 0 Å². The Morgan fingerprint density at radius 1 is 1.09 bits per heavy atom. The van der Waals surface area contributed by atoms with Crippen LogP contribution < -0.4 is 10.9 Å². The maximum Gasteiger partial charge on any atom is 0.283 e. The molecule has 1 saturated carbocycles. The average molecular weight is 473 g/mol. The molecule has 0 bridgehead atoms. The monoisotopic (exact) mass is 472 g/mol. The molecule has 174 valence electrons. The molecule has 6 nitrogen and oxygen atoms in total. The zero-order valence-corrected chi connectivity index (χ0v) is 20.0. The van der Waals surface area contributed by atoms with E-state index in [1.807, 2.05) is 67.7 Å². The van der Waals surface area contributed by atoms with Gasteiger partial charge in [-0.05, 0) is 37.0 Å². The number of carbonyl (C=O) groups excluding carboxylic acids is 1. The third-order valence-electron chi connectivity index (χ3n) is 6.41. The SMILES string of the molecule is Cc1ccccc1-n1c(SCC(=O)NC2CCCCC2)nc2c(-c3ccccc3)c[nH]c2c1=O. The Labute approximate surface area is 202 Å². The second-order valence-corrected chi connectivity index (χ2v) is 9.75. The van der Waals surface area contributed by atoms with Gasteiger partial charge >= 0.3 is 0 Å². The van der Waals surface area contributed by atoms with Gasteiger partial charge < -0.3 is 10.3 Å². The molecule has 2 N–H and O–H groups in total. The highest BCUT2D eigenvalue weighted by atomic mass is 32.2. The number of H-pyrrole nitrogens is 1. The molecule has 0 spiro atoms. The molecular weight excluding hydrogens is 444 g/mol. The first kappa shape index (κ1) is 22.5. The Morgan fingerprint density at radius 2 is 1.82 bits per heavy atom. The fraction of sp³-hybridized carbons (Fsp3) is 0.296. The summed E-state index contributed by atoms with van der Waals surface area (Å²) in [4.78, 5) is 34.5. The maximum atomic E-state index is 13.7. The fourth-order valence-corrected chi connectivity index (χ4v) is 5.46. The number of nitrogens with zero attached hydrogens (tertiary/aromatic N) is 2. The van der Waals surface area contributed by atoms with E-state index in [1.54, 1.807) is 4.57 Å². The molecule has 2 aromatic carbocycles. The number of para-hydroxylation sites is 1. The van der Waals surface area contributed by atoms with Crippen LogP contribution in [0, 0.1) is 6.92 Å². The van der Waals surface area contributed by atoms with Gasteiger partial charge in [-0.15, -0.1) is 0 Å². The number of aryl methyl sites for hydroxylation is 1. The summed E-state index contributed by atoms with van der Waals surface area (Å²) in [6, 6.07) is 17.9. The summed E-state index contributed by atoms with van der Waals surface area (Å²) in [6.07, 6.45) is 7.49. The Balaban J connectivity index is 1.54. The number of nitrogens with one attached hydrogen (secondary N) is 2. The van der Waals surface area contributed by atoms with Gasteiger partial charge in [-0.25, -0.2) is 4.98 Å². The van der Waals surface area contributed by atoms with Crippen LogP contribution in [0.15, 0.2) is 70.7 Å². The standard InChI is InChI=1S/C27H28N4O2S/c1-18-10-8-9-15-22(18)31-26(33)25-24(21(16-28-25)19-11-4-2-5-12-19)30-27(31)34-17-23(32)29-20-13-6-3-7-14-20/h2,4-5,8-12,15-16,20,28H,3,6-7,13-14,17H2,1H3,(H,29,32). The van der Waals surface area contributed by atoms with Crippen LogP contribution in [0.1, 0.15) is 37.7 Å². The Hall–Kier alpha value is -3.32. The minimum atomic E-state index is -0.170. The van der Waals surface area contributed by atoms with Crippen LogP contribution in [0.4, 0.5) is 0 Å². The molecule has 34 heavy (non-hydrogen) atoms. The largest absolute Gasteiger partial charge is 0.355 e. The lowest BCUT2D eigenvalue weighted by molar-refractivity contribution is -0.119. The van der Waals surface area contributed by atoms with Crippen molar-refractivity contribution in [3.05, 3.63) is 76.7 Å². The van der Waals surface area contributed by atoms with E-state index in [-0.39, 0.29) is 23.3 Å². The van der Waals surface area contributed by atoms with Crippen molar-refractivity contribution in [2.24, 2.45) is 0 Å². The van der Waals surface area contributed by atoms with Gasteiger partial charge in [0.15, 0.2) is 5.16 Å². The zero-order valence-electron chi connectivity index (χ0n) is 19.2. The molecule has 1 aliphatic carbocycles. The second kappa shape index (κ2) is 9.89. The third-order valence-corrected chi connectivity index (χ3v) is 7.35. The molecule has 7 heteroatoms. The van der Waals surface area contributed by atoms with Crippen LogP contribution in [0.2, 0.25) is 0 Å². The number of aromatic amines is 1. The van der Waals surface area contributed by atoms with E-state index in [4.69, 9.17) is 4.98 Å². The zero-order chi connectivity index (χ0) is 23.5. The highest BCUT2D eigenvalue weighted by molar-refractivity contribution is 7.99. The molecule has 0 saturated heterocycles. The molecule has 0 aliphatic heterocycles. The van der Waals surface area contributed by atoms with E-state index in [9.17, 15) is 9.59 Å². The quantitative estimate of drug-likeness (QED) is 0.297. The first-order valence-electron chi connectivity index (χ1n) is 11.8. The summed E-state index contributed by atoms with van der Waals surface area (Å²) >= 11 is 1.31. The minimum Gasteiger partial charge on any atom is -0.355 e. The summed E-state index contributed by atoms with van der Waals surface area (Å²) in [5.41, 5.74) is 4.51. The summed E-state index contributed by atoms with van der Waals surface area (Å²) in [5, 5.41) is 3.68. The van der Waals surface area contributed by atoms with Gasteiger partial charge in [0.25, 0.3) is 5.56 Å². The number of benzene rings is 2. The number of fused-ring (bicyclic) bond motifs is 1. The molecular formula is C27H28N4O2S. The van der Waals surface area contributed by atoms with E-state index in [1.165, 1.54) is 31.0 Å². The predicted molar refractivity (Wildman–Crippen MR) is 138 cm³/mol. The summed E-state index contributed by atoms with van der Waals surface area (Å²) in [7, 11) is 0. The average Bonchev–Trinajstić information content (AvgIpc) is 3.29. The molecule has 2 aromatic heterocycles. The second-order valence-electron chi connectivity index (χ2n) is 8.80. The maximum absolute atomic E-state index is 13.7. The molecule has 0 atom stereocenters.